The number of aromatic amines is 1. The van der Waals surface area contributed by atoms with E-state index in [4.69, 9.17) is 14.2 Å². The quantitative estimate of drug-likeness (QED) is 0.804. The number of carbonyl (C=O) groups is 2. The van der Waals surface area contributed by atoms with Crippen molar-refractivity contribution in [3.8, 4) is 11.5 Å². The molecule has 26 heavy (non-hydrogen) atoms. The summed E-state index contributed by atoms with van der Waals surface area (Å²) < 4.78 is 15.4. The Morgan fingerprint density at radius 1 is 1.23 bits per heavy atom. The lowest BCUT2D eigenvalue weighted by Crippen LogP contribution is -2.49. The summed E-state index contributed by atoms with van der Waals surface area (Å²) in [5.74, 6) is 0.528. The Hall–Kier alpha value is -3.03. The van der Waals surface area contributed by atoms with Crippen molar-refractivity contribution in [2.75, 3.05) is 21.3 Å². The number of imidazole rings is 1. The molecular formula is C18H21N3O5. The Labute approximate surface area is 151 Å². The van der Waals surface area contributed by atoms with Crippen LogP contribution in [0.4, 0.5) is 0 Å². The fourth-order valence-corrected chi connectivity index (χ4v) is 3.11. The van der Waals surface area contributed by atoms with Crippen molar-refractivity contribution in [3.05, 3.63) is 41.5 Å². The predicted molar refractivity (Wildman–Crippen MR) is 91.9 cm³/mol. The van der Waals surface area contributed by atoms with Crippen LogP contribution >= 0.6 is 0 Å². The van der Waals surface area contributed by atoms with Crippen LogP contribution in [0.1, 0.15) is 17.0 Å². The van der Waals surface area contributed by atoms with Crippen LogP contribution < -0.4 is 9.47 Å². The molecule has 1 aliphatic rings. The standard InChI is InChI=1S/C18H21N3O5/c1-24-15-5-4-11(6-16(15)25-2)7-17(22)21-9-13-12(19-10-20-13)8-14(21)18(23)26-3/h4-6,10,14H,7-9H2,1-3H3,(H,19,20). The van der Waals surface area contributed by atoms with Crippen molar-refractivity contribution in [1.82, 2.24) is 14.9 Å². The van der Waals surface area contributed by atoms with Gasteiger partial charge in [0.25, 0.3) is 0 Å². The zero-order chi connectivity index (χ0) is 18.7. The molecule has 0 bridgehead atoms. The minimum absolute atomic E-state index is 0.136. The highest BCUT2D eigenvalue weighted by molar-refractivity contribution is 5.86. The molecule has 0 fully saturated rings. The number of carbonyl (C=O) groups excluding carboxylic acids is 2. The van der Waals surface area contributed by atoms with Gasteiger partial charge in [-0.15, -0.1) is 0 Å². The number of ether oxygens (including phenoxy) is 3. The number of methoxy groups -OCH3 is 3. The molecule has 1 atom stereocenters. The predicted octanol–water partition coefficient (Wildman–Crippen LogP) is 1.10. The second kappa shape index (κ2) is 7.47. The number of hydrogen-bond donors (Lipinski definition) is 1. The number of esters is 1. The first-order chi connectivity index (χ1) is 12.6. The van der Waals surface area contributed by atoms with E-state index in [9.17, 15) is 9.59 Å². The summed E-state index contributed by atoms with van der Waals surface area (Å²) in [5, 5.41) is 0. The van der Waals surface area contributed by atoms with E-state index in [0.29, 0.717) is 24.5 Å². The van der Waals surface area contributed by atoms with E-state index >= 15 is 0 Å². The van der Waals surface area contributed by atoms with Gasteiger partial charge in [-0.1, -0.05) is 6.07 Å². The van der Waals surface area contributed by atoms with Crippen LogP contribution in [0.2, 0.25) is 0 Å². The molecule has 8 heteroatoms. The molecule has 1 amide bonds. The first kappa shape index (κ1) is 17.8. The Balaban J connectivity index is 1.82. The van der Waals surface area contributed by atoms with Crippen molar-refractivity contribution in [3.63, 3.8) is 0 Å². The molecule has 138 valence electrons. The van der Waals surface area contributed by atoms with Crippen molar-refractivity contribution >= 4 is 11.9 Å². The maximum absolute atomic E-state index is 12.9. The molecule has 0 saturated carbocycles. The molecule has 0 aliphatic carbocycles. The highest BCUT2D eigenvalue weighted by Crippen LogP contribution is 2.28. The van der Waals surface area contributed by atoms with Gasteiger partial charge in [0.05, 0.1) is 52.0 Å². The largest absolute Gasteiger partial charge is 0.493 e. The monoisotopic (exact) mass is 359 g/mol. The summed E-state index contributed by atoms with van der Waals surface area (Å²) in [5.41, 5.74) is 2.40. The number of nitrogens with one attached hydrogen (secondary N) is 1. The van der Waals surface area contributed by atoms with E-state index in [1.807, 2.05) is 0 Å². The Morgan fingerprint density at radius 3 is 2.69 bits per heavy atom. The second-order valence-corrected chi connectivity index (χ2v) is 5.96. The van der Waals surface area contributed by atoms with Gasteiger partial charge in [-0.05, 0) is 17.7 Å². The van der Waals surface area contributed by atoms with E-state index in [1.54, 1.807) is 38.7 Å². The third-order valence-electron chi connectivity index (χ3n) is 4.50. The number of benzene rings is 1. The van der Waals surface area contributed by atoms with Crippen molar-refractivity contribution < 1.29 is 23.8 Å². The second-order valence-electron chi connectivity index (χ2n) is 5.96. The molecule has 2 heterocycles. The summed E-state index contributed by atoms with van der Waals surface area (Å²) >= 11 is 0. The number of hydrogen-bond acceptors (Lipinski definition) is 6. The van der Waals surface area contributed by atoms with Gasteiger partial charge in [-0.25, -0.2) is 9.78 Å². The highest BCUT2D eigenvalue weighted by atomic mass is 16.5. The van der Waals surface area contributed by atoms with Gasteiger partial charge >= 0.3 is 5.97 Å². The number of fused-ring (bicyclic) bond motifs is 1. The lowest BCUT2D eigenvalue weighted by Gasteiger charge is -2.33. The summed E-state index contributed by atoms with van der Waals surface area (Å²) in [7, 11) is 4.42. The van der Waals surface area contributed by atoms with Crippen LogP contribution in [0, 0.1) is 0 Å². The fraction of sp³-hybridized carbons (Fsp3) is 0.389. The number of rotatable bonds is 5. The van der Waals surface area contributed by atoms with Crippen LogP contribution in [0.25, 0.3) is 0 Å². The minimum Gasteiger partial charge on any atom is -0.493 e. The topological polar surface area (TPSA) is 93.8 Å². The average molecular weight is 359 g/mol. The highest BCUT2D eigenvalue weighted by Gasteiger charge is 2.36. The van der Waals surface area contributed by atoms with E-state index in [-0.39, 0.29) is 12.3 Å². The smallest absolute Gasteiger partial charge is 0.329 e. The van der Waals surface area contributed by atoms with E-state index in [0.717, 1.165) is 17.0 Å². The number of H-pyrrole nitrogens is 1. The van der Waals surface area contributed by atoms with Crippen LogP contribution in [0.3, 0.4) is 0 Å². The van der Waals surface area contributed by atoms with E-state index in [2.05, 4.69) is 9.97 Å². The van der Waals surface area contributed by atoms with Gasteiger partial charge in [0.15, 0.2) is 11.5 Å². The van der Waals surface area contributed by atoms with Gasteiger partial charge in [0, 0.05) is 6.42 Å². The van der Waals surface area contributed by atoms with Gasteiger partial charge < -0.3 is 24.1 Å². The first-order valence-electron chi connectivity index (χ1n) is 8.16. The van der Waals surface area contributed by atoms with Crippen LogP contribution in [0.15, 0.2) is 24.5 Å². The van der Waals surface area contributed by atoms with Crippen molar-refractivity contribution in [1.29, 1.82) is 0 Å². The minimum atomic E-state index is -0.677. The zero-order valence-corrected chi connectivity index (χ0v) is 14.9. The molecule has 1 aromatic carbocycles. The van der Waals surface area contributed by atoms with Gasteiger partial charge in [0.1, 0.15) is 6.04 Å². The average Bonchev–Trinajstić information content (AvgIpc) is 3.13. The molecule has 1 N–H and O–H groups in total. The lowest BCUT2D eigenvalue weighted by atomic mass is 10.0. The molecule has 8 nitrogen and oxygen atoms in total. The molecule has 0 saturated heterocycles. The maximum Gasteiger partial charge on any atom is 0.329 e. The zero-order valence-electron chi connectivity index (χ0n) is 14.9. The maximum atomic E-state index is 12.9. The SMILES string of the molecule is COC(=O)C1Cc2nc[nH]c2CN1C(=O)Cc1ccc(OC)c(OC)c1. The summed E-state index contributed by atoms with van der Waals surface area (Å²) in [4.78, 5) is 33.8. The summed E-state index contributed by atoms with van der Waals surface area (Å²) in [6.45, 7) is 0.293. The molecule has 0 radical (unpaired) electrons. The van der Waals surface area contributed by atoms with Gasteiger partial charge in [-0.3, -0.25) is 4.79 Å². The molecule has 1 aromatic heterocycles. The summed E-state index contributed by atoms with van der Waals surface area (Å²) in [6, 6.07) is 4.64. The Bertz CT molecular complexity index is 817. The number of amides is 1. The van der Waals surface area contributed by atoms with Crippen LogP contribution in [0.5, 0.6) is 11.5 Å². The van der Waals surface area contributed by atoms with E-state index < -0.39 is 12.0 Å². The number of nitrogens with zero attached hydrogens (tertiary/aromatic N) is 2. The number of aromatic nitrogens is 2. The van der Waals surface area contributed by atoms with Crippen LogP contribution in [-0.4, -0.2) is 54.1 Å². The summed E-state index contributed by atoms with van der Waals surface area (Å²) in [6.07, 6.45) is 2.04. The normalized spacial score (nSPS) is 16.0. The van der Waals surface area contributed by atoms with Gasteiger partial charge in [0.2, 0.25) is 5.91 Å². The van der Waals surface area contributed by atoms with Crippen molar-refractivity contribution in [2.45, 2.75) is 25.4 Å². The Morgan fingerprint density at radius 2 is 2.00 bits per heavy atom. The first-order valence-corrected chi connectivity index (χ1v) is 8.16. The molecule has 2 aromatic rings. The third-order valence-corrected chi connectivity index (χ3v) is 4.50. The Kier molecular flexibility index (Phi) is 5.11. The fourth-order valence-electron chi connectivity index (χ4n) is 3.11. The van der Waals surface area contributed by atoms with E-state index in [1.165, 1.54) is 12.0 Å². The molecule has 3 rings (SSSR count). The third kappa shape index (κ3) is 3.35. The van der Waals surface area contributed by atoms with Gasteiger partial charge in [-0.2, -0.15) is 0 Å². The lowest BCUT2D eigenvalue weighted by molar-refractivity contribution is -0.153. The van der Waals surface area contributed by atoms with Crippen LogP contribution in [-0.2, 0) is 33.7 Å². The van der Waals surface area contributed by atoms with Crippen molar-refractivity contribution in [2.24, 2.45) is 0 Å². The molecule has 1 unspecified atom stereocenters. The molecule has 0 spiro atoms. The molecular weight excluding hydrogens is 338 g/mol. The molecule has 1 aliphatic heterocycles.